The lowest BCUT2D eigenvalue weighted by molar-refractivity contribution is -0.407. The van der Waals surface area contributed by atoms with E-state index in [1.807, 2.05) is 0 Å². The molecule has 2 aromatic rings. The first kappa shape index (κ1) is 13.9. The summed E-state index contributed by atoms with van der Waals surface area (Å²) in [5.74, 6) is 0.153. The first-order valence-corrected chi connectivity index (χ1v) is 5.72. The van der Waals surface area contributed by atoms with E-state index in [0.29, 0.717) is 5.82 Å². The smallest absolute Gasteiger partial charge is 0.364 e. The van der Waals surface area contributed by atoms with Crippen molar-refractivity contribution < 1.29 is 14.3 Å². The summed E-state index contributed by atoms with van der Waals surface area (Å²) in [5.41, 5.74) is 0. The van der Waals surface area contributed by atoms with Crippen LogP contribution in [0, 0.1) is 20.2 Å². The largest absolute Gasteiger partial charge is 0.571 e. The first-order valence-electron chi connectivity index (χ1n) is 5.21. The van der Waals surface area contributed by atoms with Gasteiger partial charge in [-0.2, -0.15) is 12.6 Å². The molecule has 0 radical (unpaired) electrons. The standard InChI is InChI=1S/C8H8N6O5S/c1-12-5(9-3-6(12)13(15)16)2-4(20)7-10-11-8(19-7)14(17)18/h3-4,20H,2H2,1H3. The quantitative estimate of drug-likeness (QED) is 0.486. The fourth-order valence-electron chi connectivity index (χ4n) is 1.49. The van der Waals surface area contributed by atoms with Crippen LogP contribution in [0.15, 0.2) is 10.6 Å². The predicted octanol–water partition coefficient (Wildman–Crippen LogP) is 0.833. The molecule has 0 fully saturated rings. The van der Waals surface area contributed by atoms with E-state index in [4.69, 9.17) is 4.42 Å². The van der Waals surface area contributed by atoms with E-state index in [9.17, 15) is 20.2 Å². The van der Waals surface area contributed by atoms with Crippen molar-refractivity contribution in [1.29, 1.82) is 0 Å². The maximum atomic E-state index is 10.7. The Hall–Kier alpha value is -2.50. The summed E-state index contributed by atoms with van der Waals surface area (Å²) >= 11 is 4.18. The maximum Gasteiger partial charge on any atom is 0.571 e. The first-order chi connectivity index (χ1) is 9.40. The number of rotatable bonds is 5. The van der Waals surface area contributed by atoms with Gasteiger partial charge in [0.2, 0.25) is 0 Å². The molecule has 12 heteroatoms. The third-order valence-corrected chi connectivity index (χ3v) is 2.90. The zero-order chi connectivity index (χ0) is 14.9. The summed E-state index contributed by atoms with van der Waals surface area (Å²) in [4.78, 5) is 23.6. The minimum Gasteiger partial charge on any atom is -0.364 e. The predicted molar refractivity (Wildman–Crippen MR) is 66.2 cm³/mol. The monoisotopic (exact) mass is 300 g/mol. The van der Waals surface area contributed by atoms with Crippen LogP contribution in [0.4, 0.5) is 11.8 Å². The third kappa shape index (κ3) is 2.59. The minimum atomic E-state index is -0.817. The lowest BCUT2D eigenvalue weighted by Gasteiger charge is -2.02. The van der Waals surface area contributed by atoms with Crippen molar-refractivity contribution in [2.75, 3.05) is 0 Å². The molecular weight excluding hydrogens is 292 g/mol. The number of hydrogen-bond donors (Lipinski definition) is 1. The normalized spacial score (nSPS) is 12.3. The van der Waals surface area contributed by atoms with Gasteiger partial charge in [0.1, 0.15) is 11.3 Å². The molecular formula is C8H8N6O5S. The number of thiol groups is 1. The van der Waals surface area contributed by atoms with Crippen molar-refractivity contribution in [1.82, 2.24) is 19.7 Å². The summed E-state index contributed by atoms with van der Waals surface area (Å²) in [6.07, 6.45) is 1.26. The number of hydrogen-bond acceptors (Lipinski definition) is 9. The molecule has 0 saturated heterocycles. The van der Waals surface area contributed by atoms with E-state index in [0.717, 1.165) is 6.20 Å². The van der Waals surface area contributed by atoms with Crippen LogP contribution in [0.5, 0.6) is 0 Å². The third-order valence-electron chi connectivity index (χ3n) is 2.49. The SMILES string of the molecule is Cn1c([N+](=O)[O-])cnc1CC(S)c1nnc([N+](=O)[O-])o1. The van der Waals surface area contributed by atoms with Crippen LogP contribution in [0.1, 0.15) is 17.0 Å². The highest BCUT2D eigenvalue weighted by atomic mass is 32.1. The van der Waals surface area contributed by atoms with Gasteiger partial charge in [-0.1, -0.05) is 0 Å². The lowest BCUT2D eigenvalue weighted by atomic mass is 10.3. The number of nitro groups is 2. The van der Waals surface area contributed by atoms with E-state index in [1.54, 1.807) is 0 Å². The maximum absolute atomic E-state index is 10.7. The van der Waals surface area contributed by atoms with Crippen molar-refractivity contribution in [3.63, 3.8) is 0 Å². The van der Waals surface area contributed by atoms with Gasteiger partial charge in [0.05, 0.1) is 12.3 Å². The Morgan fingerprint density at radius 3 is 2.60 bits per heavy atom. The molecule has 0 aliphatic rings. The summed E-state index contributed by atoms with van der Waals surface area (Å²) in [7, 11) is 1.48. The van der Waals surface area contributed by atoms with Gasteiger partial charge in [-0.3, -0.25) is 0 Å². The summed E-state index contributed by atoms with van der Waals surface area (Å²) < 4.78 is 6.09. The Kier molecular flexibility index (Phi) is 3.65. The average Bonchev–Trinajstić information content (AvgIpc) is 2.97. The average molecular weight is 300 g/mol. The van der Waals surface area contributed by atoms with Gasteiger partial charge in [-0.05, 0) is 4.92 Å². The van der Waals surface area contributed by atoms with Crippen LogP contribution in [0.3, 0.4) is 0 Å². The highest BCUT2D eigenvalue weighted by Crippen LogP contribution is 2.25. The molecule has 2 aromatic heterocycles. The molecule has 0 spiro atoms. The van der Waals surface area contributed by atoms with Gasteiger partial charge in [0.25, 0.3) is 5.89 Å². The van der Waals surface area contributed by atoms with E-state index in [1.165, 1.54) is 11.6 Å². The zero-order valence-electron chi connectivity index (χ0n) is 10.0. The molecule has 1 atom stereocenters. The van der Waals surface area contributed by atoms with E-state index in [2.05, 4.69) is 27.8 Å². The van der Waals surface area contributed by atoms with Crippen molar-refractivity contribution in [2.45, 2.75) is 11.7 Å². The second-order valence-electron chi connectivity index (χ2n) is 3.75. The Labute approximate surface area is 116 Å². The van der Waals surface area contributed by atoms with Gasteiger partial charge in [0.15, 0.2) is 5.82 Å². The molecule has 0 amide bonds. The van der Waals surface area contributed by atoms with Crippen molar-refractivity contribution in [2.24, 2.45) is 7.05 Å². The van der Waals surface area contributed by atoms with Crippen LogP contribution in [-0.4, -0.2) is 29.6 Å². The van der Waals surface area contributed by atoms with Gasteiger partial charge in [0, 0.05) is 16.4 Å². The minimum absolute atomic E-state index is 0.0503. The van der Waals surface area contributed by atoms with Gasteiger partial charge in [-0.15, -0.1) is 0 Å². The Morgan fingerprint density at radius 1 is 1.40 bits per heavy atom. The van der Waals surface area contributed by atoms with Crippen molar-refractivity contribution in [3.05, 3.63) is 38.1 Å². The molecule has 106 valence electrons. The number of imidazole rings is 1. The fraction of sp³-hybridized carbons (Fsp3) is 0.375. The Balaban J connectivity index is 2.16. The summed E-state index contributed by atoms with van der Waals surface area (Å²) in [6, 6.07) is -0.732. The number of nitrogens with zero attached hydrogens (tertiary/aromatic N) is 6. The molecule has 2 rings (SSSR count). The highest BCUT2D eigenvalue weighted by molar-refractivity contribution is 7.80. The molecule has 0 saturated carbocycles. The Bertz CT molecular complexity index is 666. The fourth-order valence-corrected chi connectivity index (χ4v) is 1.76. The van der Waals surface area contributed by atoms with Crippen molar-refractivity contribution in [3.8, 4) is 0 Å². The topological polar surface area (TPSA) is 143 Å². The van der Waals surface area contributed by atoms with Crippen LogP contribution in [-0.2, 0) is 13.5 Å². The van der Waals surface area contributed by atoms with Crippen LogP contribution >= 0.6 is 12.6 Å². The van der Waals surface area contributed by atoms with E-state index in [-0.39, 0.29) is 18.1 Å². The van der Waals surface area contributed by atoms with Gasteiger partial charge >= 0.3 is 11.8 Å². The molecule has 2 heterocycles. The molecule has 0 aromatic carbocycles. The van der Waals surface area contributed by atoms with Crippen molar-refractivity contribution >= 4 is 24.5 Å². The molecule has 1 unspecified atom stereocenters. The van der Waals surface area contributed by atoms with Crippen LogP contribution in [0.2, 0.25) is 0 Å². The lowest BCUT2D eigenvalue weighted by Crippen LogP contribution is -2.05. The zero-order valence-corrected chi connectivity index (χ0v) is 10.9. The number of aromatic nitrogens is 4. The molecule has 11 nitrogen and oxygen atoms in total. The molecule has 20 heavy (non-hydrogen) atoms. The second kappa shape index (κ2) is 5.24. The summed E-state index contributed by atoms with van der Waals surface area (Å²) in [6.45, 7) is 0. The summed E-state index contributed by atoms with van der Waals surface area (Å²) in [5, 5.41) is 27.2. The molecule has 0 aliphatic carbocycles. The molecule has 0 N–H and O–H groups in total. The van der Waals surface area contributed by atoms with Crippen LogP contribution < -0.4 is 0 Å². The second-order valence-corrected chi connectivity index (χ2v) is 4.37. The molecule has 0 aliphatic heterocycles. The molecule has 0 bridgehead atoms. The Morgan fingerprint density at radius 2 is 2.10 bits per heavy atom. The van der Waals surface area contributed by atoms with Gasteiger partial charge in [-0.25, -0.2) is 9.55 Å². The van der Waals surface area contributed by atoms with E-state index >= 15 is 0 Å². The van der Waals surface area contributed by atoms with Crippen LogP contribution in [0.25, 0.3) is 0 Å². The van der Waals surface area contributed by atoms with Gasteiger partial charge < -0.3 is 24.6 Å². The van der Waals surface area contributed by atoms with E-state index < -0.39 is 21.1 Å². The highest BCUT2D eigenvalue weighted by Gasteiger charge is 2.26.